The van der Waals surface area contributed by atoms with E-state index in [0.717, 1.165) is 38.5 Å². The lowest BCUT2D eigenvalue weighted by atomic mass is 9.44. The Morgan fingerprint density at radius 2 is 1.74 bits per heavy atom. The van der Waals surface area contributed by atoms with Crippen LogP contribution in [0.3, 0.4) is 0 Å². The number of aliphatic hydroxyl groups is 3. The number of carbonyl (C=O) groups is 3. The zero-order valence-corrected chi connectivity index (χ0v) is 19.5. The molecule has 4 fully saturated rings. The van der Waals surface area contributed by atoms with Crippen molar-refractivity contribution >= 4 is 17.3 Å². The molecule has 0 aliphatic heterocycles. The van der Waals surface area contributed by atoms with Crippen molar-refractivity contribution < 1.29 is 29.7 Å². The van der Waals surface area contributed by atoms with Crippen molar-refractivity contribution in [3.05, 3.63) is 0 Å². The second-order valence-corrected chi connectivity index (χ2v) is 11.1. The van der Waals surface area contributed by atoms with Gasteiger partial charge in [-0.3, -0.25) is 9.59 Å². The first kappa shape index (κ1) is 24.5. The van der Waals surface area contributed by atoms with Gasteiger partial charge in [-0.05, 0) is 75.0 Å². The summed E-state index contributed by atoms with van der Waals surface area (Å²) in [4.78, 5) is 35.5. The fraction of sp³-hybridized carbons (Fsp3) is 0.880. The Bertz CT molecular complexity index is 734. The predicted octanol–water partition coefficient (Wildman–Crippen LogP) is 2.85. The summed E-state index contributed by atoms with van der Waals surface area (Å²) in [7, 11) is 0. The van der Waals surface area contributed by atoms with Crippen LogP contribution in [0.4, 0.5) is 0 Å². The zero-order chi connectivity index (χ0) is 23.2. The molecular weight excluding hydrogens is 396 g/mol. The maximum absolute atomic E-state index is 13.4. The molecule has 3 N–H and O–H groups in total. The number of aliphatic hydroxyl groups excluding tert-OH is 2. The Balaban J connectivity index is 0.000000491. The van der Waals surface area contributed by atoms with E-state index in [-0.39, 0.29) is 47.3 Å². The van der Waals surface area contributed by atoms with Gasteiger partial charge in [0, 0.05) is 24.2 Å². The lowest BCUT2D eigenvalue weighted by Crippen LogP contribution is -2.62. The van der Waals surface area contributed by atoms with E-state index in [1.807, 2.05) is 13.8 Å². The van der Waals surface area contributed by atoms with Gasteiger partial charge in [0.05, 0.1) is 6.10 Å². The minimum atomic E-state index is -1.58. The summed E-state index contributed by atoms with van der Waals surface area (Å²) in [6, 6.07) is 0. The molecule has 0 aromatic carbocycles. The number of rotatable bonds is 3. The molecule has 0 saturated heterocycles. The summed E-state index contributed by atoms with van der Waals surface area (Å²) < 4.78 is 0. The van der Waals surface area contributed by atoms with Crippen LogP contribution in [0.2, 0.25) is 0 Å². The molecule has 31 heavy (non-hydrogen) atoms. The fourth-order valence-electron chi connectivity index (χ4n) is 7.64. The van der Waals surface area contributed by atoms with Crippen molar-refractivity contribution in [2.45, 2.75) is 97.2 Å². The quantitative estimate of drug-likeness (QED) is 0.627. The summed E-state index contributed by atoms with van der Waals surface area (Å²) in [5.74, 6) is 0.634. The highest BCUT2D eigenvalue weighted by molar-refractivity contribution is 5.92. The van der Waals surface area contributed by atoms with Crippen LogP contribution >= 0.6 is 0 Å². The predicted molar refractivity (Wildman–Crippen MR) is 116 cm³/mol. The first-order chi connectivity index (χ1) is 14.4. The van der Waals surface area contributed by atoms with Crippen molar-refractivity contribution in [1.29, 1.82) is 0 Å². The van der Waals surface area contributed by atoms with Crippen molar-refractivity contribution in [2.24, 2.45) is 34.5 Å². The van der Waals surface area contributed by atoms with Crippen LogP contribution in [0.25, 0.3) is 0 Å². The lowest BCUT2D eigenvalue weighted by molar-refractivity contribution is -0.180. The van der Waals surface area contributed by atoms with Gasteiger partial charge in [-0.25, -0.2) is 0 Å². The van der Waals surface area contributed by atoms with E-state index in [0.29, 0.717) is 18.8 Å². The largest absolute Gasteiger partial charge is 0.393 e. The van der Waals surface area contributed by atoms with Crippen LogP contribution in [0.15, 0.2) is 0 Å². The Morgan fingerprint density at radius 3 is 2.32 bits per heavy atom. The fourth-order valence-corrected chi connectivity index (χ4v) is 7.64. The Hall–Kier alpha value is -1.11. The lowest BCUT2D eigenvalue weighted by Gasteiger charge is -2.60. The number of ketones is 3. The van der Waals surface area contributed by atoms with Crippen LogP contribution in [-0.2, 0) is 14.4 Å². The highest BCUT2D eigenvalue weighted by Gasteiger charge is 2.68. The van der Waals surface area contributed by atoms with E-state index in [4.69, 9.17) is 0 Å². The molecule has 0 aromatic rings. The van der Waals surface area contributed by atoms with E-state index < -0.39 is 23.4 Å². The van der Waals surface area contributed by atoms with E-state index in [1.54, 1.807) is 6.92 Å². The van der Waals surface area contributed by atoms with Gasteiger partial charge in [-0.1, -0.05) is 20.8 Å². The summed E-state index contributed by atoms with van der Waals surface area (Å²) in [6.45, 7) is 6.90. The van der Waals surface area contributed by atoms with Gasteiger partial charge >= 0.3 is 0 Å². The summed E-state index contributed by atoms with van der Waals surface area (Å²) in [5.41, 5.74) is -2.40. The van der Waals surface area contributed by atoms with Crippen LogP contribution in [0.1, 0.15) is 85.5 Å². The third-order valence-corrected chi connectivity index (χ3v) is 9.58. The summed E-state index contributed by atoms with van der Waals surface area (Å²) in [5, 5.41) is 30.6. The molecule has 0 amide bonds. The molecule has 4 rings (SSSR count). The minimum absolute atomic E-state index is 0.0154. The monoisotopic (exact) mass is 436 g/mol. The Morgan fingerprint density at radius 1 is 1.10 bits per heavy atom. The second-order valence-electron chi connectivity index (χ2n) is 11.1. The van der Waals surface area contributed by atoms with Crippen LogP contribution in [-0.4, -0.2) is 51.0 Å². The smallest absolute Gasteiger partial charge is 0.190 e. The number of carbonyl (C=O) groups excluding carboxylic acids is 3. The van der Waals surface area contributed by atoms with Crippen molar-refractivity contribution in [3.63, 3.8) is 0 Å². The number of fused-ring (bicyclic) bond motifs is 5. The van der Waals surface area contributed by atoms with E-state index in [2.05, 4.69) is 6.92 Å². The normalized spacial score (nSPS) is 46.2. The molecule has 0 bridgehead atoms. The van der Waals surface area contributed by atoms with Gasteiger partial charge in [0.15, 0.2) is 5.78 Å². The van der Waals surface area contributed by atoms with Gasteiger partial charge in [-0.2, -0.15) is 0 Å². The van der Waals surface area contributed by atoms with Gasteiger partial charge in [0.1, 0.15) is 23.8 Å². The van der Waals surface area contributed by atoms with Crippen LogP contribution < -0.4 is 0 Å². The first-order valence-corrected chi connectivity index (χ1v) is 12.0. The molecule has 6 heteroatoms. The molecule has 0 heterocycles. The Labute approximate surface area is 185 Å². The SMILES string of the molecule is CCC(C)=O.C[C@]12CC[C@@H](O)C[C@H]1CC[C@@H]1[C@@H]2C(=O)C[C@@]2(C)[C@H]1CC[C@]2(O)C(=O)CO. The van der Waals surface area contributed by atoms with Crippen molar-refractivity contribution in [2.75, 3.05) is 6.61 Å². The maximum Gasteiger partial charge on any atom is 0.190 e. The average molecular weight is 437 g/mol. The molecule has 0 aromatic heterocycles. The molecule has 0 radical (unpaired) electrons. The number of hydrogen-bond acceptors (Lipinski definition) is 6. The zero-order valence-electron chi connectivity index (χ0n) is 19.5. The van der Waals surface area contributed by atoms with Crippen LogP contribution in [0, 0.1) is 34.5 Å². The third kappa shape index (κ3) is 3.83. The van der Waals surface area contributed by atoms with Gasteiger partial charge < -0.3 is 20.1 Å². The van der Waals surface area contributed by atoms with E-state index in [9.17, 15) is 29.7 Å². The molecule has 6 nitrogen and oxygen atoms in total. The molecule has 8 atom stereocenters. The van der Waals surface area contributed by atoms with E-state index >= 15 is 0 Å². The molecule has 4 saturated carbocycles. The van der Waals surface area contributed by atoms with Crippen molar-refractivity contribution in [3.8, 4) is 0 Å². The molecule has 4 aliphatic rings. The standard InChI is InChI=1S/C21H32O5.C4H8O/c1-19-7-5-13(23)9-12(19)3-4-14-15-6-8-21(26,17(25)11-22)20(15,2)10-16(24)18(14)19;1-3-4(2)5/h12-15,18,22-23,26H,3-11H2,1-2H3;3H2,1-2H3/t12-,13-,14+,15+,18-,19+,20+,21+;/m1./s1. The molecule has 4 aliphatic carbocycles. The molecular formula is C25H40O6. The summed E-state index contributed by atoms with van der Waals surface area (Å²) in [6.07, 6.45) is 6.14. The molecule has 0 unspecified atom stereocenters. The maximum atomic E-state index is 13.4. The van der Waals surface area contributed by atoms with Crippen molar-refractivity contribution in [1.82, 2.24) is 0 Å². The highest BCUT2D eigenvalue weighted by atomic mass is 16.3. The topological polar surface area (TPSA) is 112 Å². The minimum Gasteiger partial charge on any atom is -0.393 e. The second kappa shape index (κ2) is 8.68. The van der Waals surface area contributed by atoms with Gasteiger partial charge in [0.2, 0.25) is 0 Å². The van der Waals surface area contributed by atoms with Crippen LogP contribution in [0.5, 0.6) is 0 Å². The number of Topliss-reactive ketones (excluding diaryl/α,β-unsaturated/α-hetero) is 3. The third-order valence-electron chi connectivity index (χ3n) is 9.58. The highest BCUT2D eigenvalue weighted by Crippen LogP contribution is 2.67. The van der Waals surface area contributed by atoms with E-state index in [1.165, 1.54) is 0 Å². The average Bonchev–Trinajstić information content (AvgIpc) is 2.99. The molecule has 176 valence electrons. The number of hydrogen-bond donors (Lipinski definition) is 3. The first-order valence-electron chi connectivity index (χ1n) is 12.0. The summed E-state index contributed by atoms with van der Waals surface area (Å²) >= 11 is 0. The van der Waals surface area contributed by atoms with Gasteiger partial charge in [-0.15, -0.1) is 0 Å². The molecule has 0 spiro atoms. The Kier molecular flexibility index (Phi) is 6.87. The van der Waals surface area contributed by atoms with Gasteiger partial charge in [0.25, 0.3) is 0 Å².